The molecule has 4 aliphatic rings. The van der Waals surface area contributed by atoms with Crippen LogP contribution in [0.5, 0.6) is 0 Å². The first-order chi connectivity index (χ1) is 36.0. The summed E-state index contributed by atoms with van der Waals surface area (Å²) < 4.78 is 36.9. The molecule has 2 amide bonds. The van der Waals surface area contributed by atoms with Crippen molar-refractivity contribution in [3.05, 3.63) is 119 Å². The predicted octanol–water partition coefficient (Wildman–Crippen LogP) is 4.52. The number of rotatable bonds is 19. The quantitative estimate of drug-likeness (QED) is 0.0557. The maximum atomic E-state index is 15.8. The standard InChI is InChI=1S/C57H69N3O16/c1-33-39(73-53(69)47(74-43(65)27-18-26-42(64)58-28-19-29-60(7)8)45(36-20-12-9-13-21-36)59-51(67)37-22-14-10-15-23-37)31-57(70)50(75-52(68)38-24-16-11-17-25-38)48-55(6,40(63)30-41-56(48,32-71-41)76-35(3)62)49(66)46(72-34(2)61)44(33)54(57,4)5/h9-17,20-25,39-41,45-48,50,63,70H,18-19,26-32H2,1-8H3,(H,58,64)(H,59,67)/t39-,40-,41?,45?,46+,47?,48?,50+,55+,56+,57+/m0/s1. The van der Waals surface area contributed by atoms with Gasteiger partial charge in [-0.25, -0.2) is 9.59 Å². The number of aliphatic hydroxyl groups excluding tert-OH is 1. The maximum Gasteiger partial charge on any atom is 0.350 e. The van der Waals surface area contributed by atoms with Gasteiger partial charge >= 0.3 is 29.8 Å². The molecule has 4 N–H and O–H groups in total. The Kier molecular flexibility index (Phi) is 17.4. The zero-order chi connectivity index (χ0) is 55.3. The Bertz CT molecular complexity index is 2700. The Morgan fingerprint density at radius 3 is 2.01 bits per heavy atom. The van der Waals surface area contributed by atoms with Crippen LogP contribution in [0.1, 0.15) is 112 Å². The zero-order valence-electron chi connectivity index (χ0n) is 44.2. The highest BCUT2D eigenvalue weighted by molar-refractivity contribution is 5.96. The minimum atomic E-state index is -2.48. The molecule has 1 heterocycles. The third kappa shape index (κ3) is 11.3. The highest BCUT2D eigenvalue weighted by atomic mass is 16.6. The Morgan fingerprint density at radius 1 is 0.816 bits per heavy atom. The summed E-state index contributed by atoms with van der Waals surface area (Å²) in [4.78, 5) is 115. The van der Waals surface area contributed by atoms with Gasteiger partial charge in [0.15, 0.2) is 17.5 Å². The minimum absolute atomic E-state index is 0.0343. The smallest absolute Gasteiger partial charge is 0.350 e. The number of nitrogens with one attached hydrogen (secondary N) is 2. The summed E-state index contributed by atoms with van der Waals surface area (Å²) in [5.41, 5.74) is -7.53. The molecule has 3 aromatic carbocycles. The van der Waals surface area contributed by atoms with Gasteiger partial charge in [-0.05, 0) is 88.3 Å². The summed E-state index contributed by atoms with van der Waals surface area (Å²) in [5, 5.41) is 31.9. The number of hydrogen-bond donors (Lipinski definition) is 4. The van der Waals surface area contributed by atoms with Gasteiger partial charge in [0, 0.05) is 57.1 Å². The highest BCUT2D eigenvalue weighted by Crippen LogP contribution is 2.64. The van der Waals surface area contributed by atoms with Gasteiger partial charge in [-0.3, -0.25) is 28.8 Å². The van der Waals surface area contributed by atoms with E-state index < -0.39 is 119 Å². The summed E-state index contributed by atoms with van der Waals surface area (Å²) in [6.07, 6.45) is -10.5. The molecular weight excluding hydrogens is 983 g/mol. The van der Waals surface area contributed by atoms with Crippen LogP contribution < -0.4 is 10.6 Å². The second kappa shape index (κ2) is 23.2. The van der Waals surface area contributed by atoms with E-state index in [9.17, 15) is 39.0 Å². The van der Waals surface area contributed by atoms with Gasteiger partial charge in [-0.2, -0.15) is 0 Å². The number of nitrogens with zero attached hydrogens (tertiary/aromatic N) is 1. The van der Waals surface area contributed by atoms with E-state index >= 15 is 9.59 Å². The molecule has 76 heavy (non-hydrogen) atoms. The second-order valence-electron chi connectivity index (χ2n) is 21.2. The molecular formula is C57H69N3O16. The Labute approximate surface area is 441 Å². The monoisotopic (exact) mass is 1050 g/mol. The maximum absolute atomic E-state index is 15.8. The molecule has 0 radical (unpaired) electrons. The summed E-state index contributed by atoms with van der Waals surface area (Å²) in [5.74, 6) is -8.30. The van der Waals surface area contributed by atoms with Crippen molar-refractivity contribution in [2.45, 2.75) is 134 Å². The van der Waals surface area contributed by atoms with Gasteiger partial charge < -0.3 is 54.2 Å². The Balaban J connectivity index is 1.35. The van der Waals surface area contributed by atoms with Crippen molar-refractivity contribution in [3.63, 3.8) is 0 Å². The third-order valence-corrected chi connectivity index (χ3v) is 15.6. The van der Waals surface area contributed by atoms with Crippen LogP contribution in [0.25, 0.3) is 0 Å². The minimum Gasteiger partial charge on any atom is -0.455 e. The molecule has 2 bridgehead atoms. The van der Waals surface area contributed by atoms with E-state index in [2.05, 4.69) is 10.6 Å². The fourth-order valence-corrected chi connectivity index (χ4v) is 11.6. The predicted molar refractivity (Wildman–Crippen MR) is 272 cm³/mol. The fraction of sp³-hybridized carbons (Fsp3) is 0.509. The topological polar surface area (TPSA) is 260 Å². The van der Waals surface area contributed by atoms with E-state index in [4.69, 9.17) is 28.4 Å². The van der Waals surface area contributed by atoms with Gasteiger partial charge in [0.25, 0.3) is 5.91 Å². The normalized spacial score (nSPS) is 28.1. The van der Waals surface area contributed by atoms with Crippen molar-refractivity contribution in [1.82, 2.24) is 15.5 Å². The molecule has 2 saturated carbocycles. The molecule has 1 saturated heterocycles. The number of ether oxygens (including phenoxy) is 6. The summed E-state index contributed by atoms with van der Waals surface area (Å²) in [7, 11) is 3.84. The highest BCUT2D eigenvalue weighted by Gasteiger charge is 2.78. The van der Waals surface area contributed by atoms with E-state index in [1.165, 1.54) is 26.0 Å². The lowest BCUT2D eigenvalue weighted by molar-refractivity contribution is -0.346. The van der Waals surface area contributed by atoms with Crippen LogP contribution in [0.15, 0.2) is 102 Å². The summed E-state index contributed by atoms with van der Waals surface area (Å²) in [6, 6.07) is 22.7. The molecule has 3 fully saturated rings. The molecule has 19 heteroatoms. The van der Waals surface area contributed by atoms with Gasteiger partial charge in [0.05, 0.1) is 29.6 Å². The third-order valence-electron chi connectivity index (χ3n) is 15.6. The SMILES string of the molecule is CC(=O)O[C@H]1C(=O)[C@@]2(C)C([C@@H](OC(=O)c3ccccc3)[C@]3(O)C[C@H](OC(=O)C(OC(=O)CCCC(=O)NCCCN(C)C)C(NC(=O)c4ccccc4)c4ccccc4)C(C)=C1C3(C)C)[C@@]1(OC(C)=O)COC1C[C@@H]2O. The summed E-state index contributed by atoms with van der Waals surface area (Å²) >= 11 is 0. The van der Waals surface area contributed by atoms with E-state index in [-0.39, 0.29) is 60.5 Å². The molecule has 1 aliphatic heterocycles. The van der Waals surface area contributed by atoms with Crippen LogP contribution in [-0.2, 0) is 57.2 Å². The Hall–Kier alpha value is -6.80. The number of esters is 5. The molecule has 0 spiro atoms. The molecule has 7 rings (SSSR count). The van der Waals surface area contributed by atoms with Gasteiger partial charge in [-0.1, -0.05) is 80.6 Å². The lowest BCUT2D eigenvalue weighted by Crippen LogP contribution is -2.82. The van der Waals surface area contributed by atoms with Gasteiger partial charge in [0.1, 0.15) is 30.0 Å². The van der Waals surface area contributed by atoms with E-state index in [0.29, 0.717) is 18.5 Å². The first-order valence-electron chi connectivity index (χ1n) is 25.6. The number of ketones is 1. The fourth-order valence-electron chi connectivity index (χ4n) is 11.6. The van der Waals surface area contributed by atoms with Crippen LogP contribution in [0, 0.1) is 16.7 Å². The molecule has 408 valence electrons. The summed E-state index contributed by atoms with van der Waals surface area (Å²) in [6.45, 7) is 9.04. The average Bonchev–Trinajstić information content (AvgIpc) is 3.48. The molecule has 19 nitrogen and oxygen atoms in total. The average molecular weight is 1050 g/mol. The van der Waals surface area contributed by atoms with Crippen LogP contribution in [0.2, 0.25) is 0 Å². The van der Waals surface area contributed by atoms with Crippen LogP contribution >= 0.6 is 0 Å². The molecule has 0 aromatic heterocycles. The van der Waals surface area contributed by atoms with Crippen molar-refractivity contribution in [2.24, 2.45) is 16.7 Å². The number of benzene rings is 3. The van der Waals surface area contributed by atoms with Crippen molar-refractivity contribution in [2.75, 3.05) is 33.8 Å². The van der Waals surface area contributed by atoms with Crippen molar-refractivity contribution in [1.29, 1.82) is 0 Å². The number of amides is 2. The first kappa shape index (κ1) is 56.9. The molecule has 11 atom stereocenters. The van der Waals surface area contributed by atoms with E-state index in [1.54, 1.807) is 92.7 Å². The number of Topliss-reactive ketones (excluding diaryl/α,β-unsaturated/α-hetero) is 1. The number of fused-ring (bicyclic) bond motifs is 5. The lowest BCUT2D eigenvalue weighted by atomic mass is 9.44. The number of aliphatic hydroxyl groups is 2. The van der Waals surface area contributed by atoms with Crippen molar-refractivity contribution >= 4 is 47.4 Å². The van der Waals surface area contributed by atoms with Crippen molar-refractivity contribution < 1.29 is 77.0 Å². The van der Waals surface area contributed by atoms with Gasteiger partial charge in [-0.15, -0.1) is 0 Å². The van der Waals surface area contributed by atoms with Crippen LogP contribution in [-0.4, -0.2) is 144 Å². The second-order valence-corrected chi connectivity index (χ2v) is 21.2. The zero-order valence-corrected chi connectivity index (χ0v) is 44.2. The first-order valence-corrected chi connectivity index (χ1v) is 25.6. The largest absolute Gasteiger partial charge is 0.455 e. The van der Waals surface area contributed by atoms with E-state index in [0.717, 1.165) is 20.4 Å². The van der Waals surface area contributed by atoms with Crippen molar-refractivity contribution in [3.8, 4) is 0 Å². The lowest BCUT2D eigenvalue weighted by Gasteiger charge is -2.67. The molecule has 3 aromatic rings. The molecule has 4 unspecified atom stereocenters. The van der Waals surface area contributed by atoms with E-state index in [1.807, 2.05) is 19.0 Å². The molecule has 3 aliphatic carbocycles. The number of hydrogen-bond acceptors (Lipinski definition) is 17. The Morgan fingerprint density at radius 2 is 1.43 bits per heavy atom. The number of carbonyl (C=O) groups is 8. The van der Waals surface area contributed by atoms with Crippen LogP contribution in [0.4, 0.5) is 0 Å². The number of carbonyl (C=O) groups excluding carboxylic acids is 8. The van der Waals surface area contributed by atoms with Gasteiger partial charge in [0.2, 0.25) is 12.0 Å². The van der Waals surface area contributed by atoms with Crippen LogP contribution in [0.3, 0.4) is 0 Å².